The molecule has 3 aromatic carbocycles. The average Bonchev–Trinajstić information content (AvgIpc) is 2.60. The van der Waals surface area contributed by atoms with E-state index in [0.717, 1.165) is 18.2 Å². The number of nitrogen functional groups attached to an aromatic ring is 1. The molecule has 15 heteroatoms. The van der Waals surface area contributed by atoms with Gasteiger partial charge in [-0.25, -0.2) is 0 Å². The van der Waals surface area contributed by atoms with Crippen molar-refractivity contribution in [2.24, 2.45) is 10.2 Å². The predicted octanol–water partition coefficient (Wildman–Crippen LogP) is -4.51. The molecule has 0 aliphatic rings. The Labute approximate surface area is 221 Å². The van der Waals surface area contributed by atoms with E-state index < -0.39 is 52.9 Å². The molecule has 4 N–H and O–H groups in total. The van der Waals surface area contributed by atoms with Crippen LogP contribution < -0.4 is 75.1 Å². The minimum Gasteiger partial charge on any atom is -0.871 e. The Morgan fingerprint density at radius 2 is 1.48 bits per heavy atom. The summed E-state index contributed by atoms with van der Waals surface area (Å²) in [6, 6.07) is 7.31. The topological polar surface area (TPSA) is 206 Å². The van der Waals surface area contributed by atoms with Crippen molar-refractivity contribution >= 4 is 48.1 Å². The number of nitrogens with two attached hydrogens (primary N) is 1. The van der Waals surface area contributed by atoms with E-state index in [4.69, 9.17) is 10.3 Å². The van der Waals surface area contributed by atoms with Crippen LogP contribution in [0, 0.1) is 0 Å². The van der Waals surface area contributed by atoms with Crippen molar-refractivity contribution in [3.05, 3.63) is 42.5 Å². The van der Waals surface area contributed by atoms with Gasteiger partial charge in [0.25, 0.3) is 20.2 Å². The quantitative estimate of drug-likeness (QED) is 0.141. The van der Waals surface area contributed by atoms with Crippen LogP contribution in [-0.2, 0) is 20.2 Å². The molecule has 0 heterocycles. The van der Waals surface area contributed by atoms with Crippen molar-refractivity contribution in [3.8, 4) is 11.5 Å². The largest absolute Gasteiger partial charge is 1.00 e. The molecule has 0 saturated heterocycles. The van der Waals surface area contributed by atoms with Gasteiger partial charge in [0.15, 0.2) is 0 Å². The van der Waals surface area contributed by atoms with Crippen molar-refractivity contribution in [3.63, 3.8) is 0 Å². The number of anilines is 1. The standard InChI is InChI=1S/C16H13N3O8S2.2Na/c17-9-1-3-11-8(5-9)6-14(29(25,26)27)15(16(11)21)19-18-12-7-10(28(22,23)24)2-4-13(12)20;;/h1-7,20-21H,17H2,(H,22,23,24)(H,25,26,27);;/q;2*+1/p-2. The summed E-state index contributed by atoms with van der Waals surface area (Å²) >= 11 is 0. The normalized spacial score (nSPS) is 11.8. The molecule has 152 valence electrons. The van der Waals surface area contributed by atoms with E-state index in [1.165, 1.54) is 18.2 Å². The van der Waals surface area contributed by atoms with Crippen LogP contribution in [0.15, 0.2) is 62.5 Å². The van der Waals surface area contributed by atoms with E-state index in [9.17, 15) is 31.6 Å². The Balaban J connectivity index is 0.00000240. The molecule has 0 aromatic heterocycles. The average molecular weight is 483 g/mol. The van der Waals surface area contributed by atoms with Gasteiger partial charge in [-0.05, 0) is 41.1 Å². The number of nitrogens with zero attached hydrogens (tertiary/aromatic N) is 2. The number of azo groups is 1. The summed E-state index contributed by atoms with van der Waals surface area (Å²) in [6.45, 7) is 0. The molecule has 11 nitrogen and oxygen atoms in total. The van der Waals surface area contributed by atoms with Gasteiger partial charge in [0.1, 0.15) is 4.90 Å². The molecule has 0 atom stereocenters. The Morgan fingerprint density at radius 3 is 2.06 bits per heavy atom. The SMILES string of the molecule is Nc1ccc2c([O-])c(N=Nc3cc(S(=O)(=O)O)ccc3[O-])c(S(=O)(=O)O)cc2c1.[Na+].[Na+]. The van der Waals surface area contributed by atoms with Gasteiger partial charge in [-0.3, -0.25) is 9.11 Å². The molecular weight excluding hydrogens is 472 g/mol. The van der Waals surface area contributed by atoms with E-state index in [1.807, 2.05) is 0 Å². The first-order chi connectivity index (χ1) is 13.4. The van der Waals surface area contributed by atoms with Crippen LogP contribution in [0.4, 0.5) is 17.1 Å². The summed E-state index contributed by atoms with van der Waals surface area (Å²) in [6.07, 6.45) is 0. The van der Waals surface area contributed by atoms with Gasteiger partial charge >= 0.3 is 59.1 Å². The van der Waals surface area contributed by atoms with Crippen molar-refractivity contribution in [2.45, 2.75) is 9.79 Å². The maximum atomic E-state index is 12.7. The maximum Gasteiger partial charge on any atom is 1.00 e. The first-order valence-corrected chi connectivity index (χ1v) is 10.5. The summed E-state index contributed by atoms with van der Waals surface area (Å²) in [5, 5.41) is 31.6. The molecular formula is C16H11N3Na2O8S2. The fourth-order valence-corrected chi connectivity index (χ4v) is 3.64. The van der Waals surface area contributed by atoms with Crippen molar-refractivity contribution < 1.29 is 95.3 Å². The predicted molar refractivity (Wildman–Crippen MR) is 97.5 cm³/mol. The van der Waals surface area contributed by atoms with Crippen LogP contribution in [0.1, 0.15) is 0 Å². The van der Waals surface area contributed by atoms with Crippen LogP contribution in [0.2, 0.25) is 0 Å². The van der Waals surface area contributed by atoms with Crippen LogP contribution in [0.25, 0.3) is 10.8 Å². The third-order valence-corrected chi connectivity index (χ3v) is 5.54. The van der Waals surface area contributed by atoms with Crippen molar-refractivity contribution in [2.75, 3.05) is 5.73 Å². The summed E-state index contributed by atoms with van der Waals surface area (Å²) in [7, 11) is -9.56. The first kappa shape index (κ1) is 27.8. The van der Waals surface area contributed by atoms with E-state index in [2.05, 4.69) is 10.2 Å². The fourth-order valence-electron chi connectivity index (χ4n) is 2.49. The summed E-state index contributed by atoms with van der Waals surface area (Å²) in [4.78, 5) is -1.53. The van der Waals surface area contributed by atoms with Gasteiger partial charge in [-0.2, -0.15) is 21.9 Å². The second-order valence-electron chi connectivity index (χ2n) is 5.81. The van der Waals surface area contributed by atoms with Crippen LogP contribution in [0.5, 0.6) is 11.5 Å². The Kier molecular flexibility index (Phi) is 9.07. The third kappa shape index (κ3) is 6.16. The van der Waals surface area contributed by atoms with Crippen LogP contribution >= 0.6 is 0 Å². The molecule has 0 aliphatic carbocycles. The molecule has 0 amide bonds. The van der Waals surface area contributed by atoms with Crippen molar-refractivity contribution in [1.29, 1.82) is 0 Å². The van der Waals surface area contributed by atoms with Gasteiger partial charge in [0.05, 0.1) is 16.3 Å². The molecule has 3 rings (SSSR count). The molecule has 0 saturated carbocycles. The second-order valence-corrected chi connectivity index (χ2v) is 8.62. The van der Waals surface area contributed by atoms with E-state index >= 15 is 0 Å². The minimum atomic E-state index is -4.91. The number of fused-ring (bicyclic) bond motifs is 1. The molecule has 0 aliphatic heterocycles. The van der Waals surface area contributed by atoms with Crippen molar-refractivity contribution in [1.82, 2.24) is 0 Å². The Bertz CT molecular complexity index is 1390. The van der Waals surface area contributed by atoms with Gasteiger partial charge < -0.3 is 15.9 Å². The number of hydrogen-bond acceptors (Lipinski definition) is 9. The Hall–Kier alpha value is -1.26. The molecule has 0 unspecified atom stereocenters. The molecule has 0 bridgehead atoms. The van der Waals surface area contributed by atoms with E-state index in [0.29, 0.717) is 6.07 Å². The monoisotopic (exact) mass is 483 g/mol. The summed E-state index contributed by atoms with van der Waals surface area (Å²) < 4.78 is 64.3. The fraction of sp³-hybridized carbons (Fsp3) is 0. The van der Waals surface area contributed by atoms with Gasteiger partial charge in [0, 0.05) is 5.69 Å². The second kappa shape index (κ2) is 10.1. The zero-order chi connectivity index (χ0) is 21.6. The summed E-state index contributed by atoms with van der Waals surface area (Å²) in [5.74, 6) is -1.73. The van der Waals surface area contributed by atoms with E-state index in [1.54, 1.807) is 0 Å². The zero-order valence-electron chi connectivity index (χ0n) is 16.2. The molecule has 0 fully saturated rings. The number of benzene rings is 3. The van der Waals surface area contributed by atoms with E-state index in [-0.39, 0.29) is 75.6 Å². The van der Waals surface area contributed by atoms with Gasteiger partial charge in [-0.15, -0.1) is 5.11 Å². The molecule has 0 radical (unpaired) electrons. The third-order valence-electron chi connectivity index (χ3n) is 3.82. The summed E-state index contributed by atoms with van der Waals surface area (Å²) in [5.41, 5.74) is 4.48. The minimum absolute atomic E-state index is 0. The number of rotatable bonds is 4. The molecule has 3 aromatic rings. The maximum absolute atomic E-state index is 12.7. The molecule has 31 heavy (non-hydrogen) atoms. The number of hydrogen-bond donors (Lipinski definition) is 3. The van der Waals surface area contributed by atoms with Crippen LogP contribution in [-0.4, -0.2) is 25.9 Å². The first-order valence-electron chi connectivity index (χ1n) is 7.59. The van der Waals surface area contributed by atoms with Gasteiger partial charge in [0.2, 0.25) is 0 Å². The zero-order valence-corrected chi connectivity index (χ0v) is 21.8. The van der Waals surface area contributed by atoms with Crippen LogP contribution in [0.3, 0.4) is 0 Å². The Morgan fingerprint density at radius 1 is 0.839 bits per heavy atom. The smallest absolute Gasteiger partial charge is 0.871 e. The van der Waals surface area contributed by atoms with Gasteiger partial charge in [-0.1, -0.05) is 23.6 Å². The molecule has 0 spiro atoms.